The third-order valence-electron chi connectivity index (χ3n) is 6.19. The van der Waals surface area contributed by atoms with Gasteiger partial charge in [0.2, 0.25) is 5.95 Å². The summed E-state index contributed by atoms with van der Waals surface area (Å²) in [5.74, 6) is 0.414. The maximum atomic E-state index is 11.4. The molecule has 2 aromatic carbocycles. The summed E-state index contributed by atoms with van der Waals surface area (Å²) < 4.78 is 5.19. The summed E-state index contributed by atoms with van der Waals surface area (Å²) in [5, 5.41) is 16.1. The Morgan fingerprint density at radius 2 is 1.70 bits per heavy atom. The van der Waals surface area contributed by atoms with Gasteiger partial charge in [0.1, 0.15) is 5.75 Å². The third kappa shape index (κ3) is 6.08. The normalized spacial score (nSPS) is 18.0. The third-order valence-corrected chi connectivity index (χ3v) is 6.19. The monoisotopic (exact) mass is 446 g/mol. The SMILES string of the molecule is COc1ccc(-c2cnc(Nc3ccc(CCN[C@H]4CCCC[C@H]4C(=O)O)cc3)nc2)cc1. The van der Waals surface area contributed by atoms with Gasteiger partial charge in [-0.15, -0.1) is 0 Å². The number of aromatic nitrogens is 2. The molecule has 172 valence electrons. The molecule has 1 aliphatic carbocycles. The minimum Gasteiger partial charge on any atom is -0.497 e. The topological polar surface area (TPSA) is 96.4 Å². The van der Waals surface area contributed by atoms with Crippen molar-refractivity contribution in [2.75, 3.05) is 19.0 Å². The van der Waals surface area contributed by atoms with E-state index in [2.05, 4.69) is 32.7 Å². The zero-order valence-electron chi connectivity index (χ0n) is 18.8. The molecular weight excluding hydrogens is 416 g/mol. The van der Waals surface area contributed by atoms with Crippen LogP contribution in [0.25, 0.3) is 11.1 Å². The van der Waals surface area contributed by atoms with Crippen LogP contribution in [0.4, 0.5) is 11.6 Å². The van der Waals surface area contributed by atoms with Crippen LogP contribution in [0.3, 0.4) is 0 Å². The number of hydrogen-bond donors (Lipinski definition) is 3. The highest BCUT2D eigenvalue weighted by molar-refractivity contribution is 5.71. The zero-order valence-corrected chi connectivity index (χ0v) is 18.8. The summed E-state index contributed by atoms with van der Waals surface area (Å²) in [4.78, 5) is 20.3. The number of rotatable bonds is 9. The van der Waals surface area contributed by atoms with Gasteiger partial charge < -0.3 is 20.5 Å². The van der Waals surface area contributed by atoms with Gasteiger partial charge in [-0.2, -0.15) is 0 Å². The van der Waals surface area contributed by atoms with Crippen molar-refractivity contribution in [3.8, 4) is 16.9 Å². The van der Waals surface area contributed by atoms with Crippen molar-refractivity contribution in [3.63, 3.8) is 0 Å². The minimum atomic E-state index is -0.679. The Balaban J connectivity index is 1.28. The highest BCUT2D eigenvalue weighted by atomic mass is 16.5. The molecule has 0 unspecified atom stereocenters. The molecule has 1 aromatic heterocycles. The van der Waals surface area contributed by atoms with E-state index >= 15 is 0 Å². The molecule has 0 aliphatic heterocycles. The van der Waals surface area contributed by atoms with Gasteiger partial charge in [-0.3, -0.25) is 4.79 Å². The van der Waals surface area contributed by atoms with Crippen LogP contribution < -0.4 is 15.4 Å². The highest BCUT2D eigenvalue weighted by Gasteiger charge is 2.30. The first kappa shape index (κ1) is 22.7. The summed E-state index contributed by atoms with van der Waals surface area (Å²) in [6, 6.07) is 16.0. The number of aliphatic carboxylic acids is 1. The largest absolute Gasteiger partial charge is 0.497 e. The van der Waals surface area contributed by atoms with Crippen LogP contribution in [0.1, 0.15) is 31.2 Å². The van der Waals surface area contributed by atoms with E-state index in [-0.39, 0.29) is 12.0 Å². The summed E-state index contributed by atoms with van der Waals surface area (Å²) in [5.41, 5.74) is 4.09. The molecule has 7 heteroatoms. The molecule has 1 aliphatic rings. The number of anilines is 2. The van der Waals surface area contributed by atoms with Crippen LogP contribution >= 0.6 is 0 Å². The number of benzene rings is 2. The quantitative estimate of drug-likeness (QED) is 0.439. The molecule has 0 amide bonds. The lowest BCUT2D eigenvalue weighted by atomic mass is 9.84. The molecule has 33 heavy (non-hydrogen) atoms. The molecule has 1 fully saturated rings. The van der Waals surface area contributed by atoms with E-state index in [1.54, 1.807) is 19.5 Å². The van der Waals surface area contributed by atoms with Gasteiger partial charge in [0, 0.05) is 29.7 Å². The second-order valence-electron chi connectivity index (χ2n) is 8.39. The van der Waals surface area contributed by atoms with Crippen molar-refractivity contribution >= 4 is 17.6 Å². The molecular formula is C26H30N4O3. The minimum absolute atomic E-state index is 0.0789. The Morgan fingerprint density at radius 1 is 1.00 bits per heavy atom. The Labute approximate surface area is 194 Å². The van der Waals surface area contributed by atoms with Crippen LogP contribution in [0, 0.1) is 5.92 Å². The van der Waals surface area contributed by atoms with Gasteiger partial charge in [-0.05, 0) is 61.2 Å². The summed E-state index contributed by atoms with van der Waals surface area (Å²) >= 11 is 0. The smallest absolute Gasteiger partial charge is 0.308 e. The lowest BCUT2D eigenvalue weighted by Gasteiger charge is -2.29. The fraction of sp³-hybridized carbons (Fsp3) is 0.346. The number of ether oxygens (including phenoxy) is 1. The van der Waals surface area contributed by atoms with E-state index < -0.39 is 5.97 Å². The second kappa shape index (κ2) is 10.9. The van der Waals surface area contributed by atoms with Crippen molar-refractivity contribution < 1.29 is 14.6 Å². The molecule has 1 saturated carbocycles. The number of carbonyl (C=O) groups is 1. The Kier molecular flexibility index (Phi) is 7.52. The average Bonchev–Trinajstić information content (AvgIpc) is 2.86. The molecule has 0 bridgehead atoms. The van der Waals surface area contributed by atoms with Crippen LogP contribution in [0.5, 0.6) is 5.75 Å². The van der Waals surface area contributed by atoms with Crippen molar-refractivity contribution in [3.05, 3.63) is 66.5 Å². The fourth-order valence-electron chi connectivity index (χ4n) is 4.28. The first-order chi connectivity index (χ1) is 16.1. The molecule has 0 spiro atoms. The molecule has 2 atom stereocenters. The van der Waals surface area contributed by atoms with E-state index in [0.29, 0.717) is 5.95 Å². The molecule has 0 radical (unpaired) electrons. The second-order valence-corrected chi connectivity index (χ2v) is 8.39. The van der Waals surface area contributed by atoms with Gasteiger partial charge in [0.15, 0.2) is 0 Å². The van der Waals surface area contributed by atoms with Crippen molar-refractivity contribution in [2.24, 2.45) is 5.92 Å². The Bertz CT molecular complexity index is 1040. The maximum absolute atomic E-state index is 11.4. The lowest BCUT2D eigenvalue weighted by molar-refractivity contribution is -0.143. The number of nitrogens with one attached hydrogen (secondary N) is 2. The van der Waals surface area contributed by atoms with E-state index in [1.165, 1.54) is 5.56 Å². The number of carboxylic acid groups (broad SMARTS) is 1. The number of carboxylic acids is 1. The highest BCUT2D eigenvalue weighted by Crippen LogP contribution is 2.25. The van der Waals surface area contributed by atoms with E-state index in [1.807, 2.05) is 36.4 Å². The number of methoxy groups -OCH3 is 1. The van der Waals surface area contributed by atoms with E-state index in [0.717, 1.165) is 61.2 Å². The fourth-order valence-corrected chi connectivity index (χ4v) is 4.28. The first-order valence-electron chi connectivity index (χ1n) is 11.4. The summed E-state index contributed by atoms with van der Waals surface area (Å²) in [6.45, 7) is 0.775. The van der Waals surface area contributed by atoms with Crippen molar-refractivity contribution in [1.29, 1.82) is 0 Å². The molecule has 0 saturated heterocycles. The van der Waals surface area contributed by atoms with Gasteiger partial charge in [-0.1, -0.05) is 37.1 Å². The molecule has 1 heterocycles. The molecule has 3 aromatic rings. The van der Waals surface area contributed by atoms with Gasteiger partial charge in [0.05, 0.1) is 13.0 Å². The maximum Gasteiger partial charge on any atom is 0.308 e. The standard InChI is InChI=1S/C26H30N4O3/c1-33-22-12-8-19(9-13-22)20-16-28-26(29-17-20)30-21-10-6-18(7-11-21)14-15-27-24-5-3-2-4-23(24)25(31)32/h6-13,16-17,23-24,27H,2-5,14-15H2,1H3,(H,31,32)(H,28,29,30)/t23-,24+/m1/s1. The first-order valence-corrected chi connectivity index (χ1v) is 11.4. The number of nitrogens with zero attached hydrogens (tertiary/aromatic N) is 2. The van der Waals surface area contributed by atoms with Crippen LogP contribution in [0.2, 0.25) is 0 Å². The molecule has 3 N–H and O–H groups in total. The van der Waals surface area contributed by atoms with Crippen molar-refractivity contribution in [1.82, 2.24) is 15.3 Å². The van der Waals surface area contributed by atoms with E-state index in [9.17, 15) is 9.90 Å². The Morgan fingerprint density at radius 3 is 2.36 bits per heavy atom. The van der Waals surface area contributed by atoms with E-state index in [4.69, 9.17) is 4.74 Å². The molecule has 7 nitrogen and oxygen atoms in total. The van der Waals surface area contributed by atoms with Gasteiger partial charge in [0.25, 0.3) is 0 Å². The zero-order chi connectivity index (χ0) is 23.0. The number of hydrogen-bond acceptors (Lipinski definition) is 6. The Hall–Kier alpha value is -3.45. The van der Waals surface area contributed by atoms with Crippen molar-refractivity contribution in [2.45, 2.75) is 38.1 Å². The summed E-state index contributed by atoms with van der Waals surface area (Å²) in [6.07, 6.45) is 8.28. The average molecular weight is 447 g/mol. The molecule has 4 rings (SSSR count). The predicted octanol–water partition coefficient (Wildman–Crippen LogP) is 4.67. The predicted molar refractivity (Wildman–Crippen MR) is 129 cm³/mol. The van der Waals surface area contributed by atoms with Gasteiger partial charge in [-0.25, -0.2) is 9.97 Å². The van der Waals surface area contributed by atoms with Crippen LogP contribution in [-0.4, -0.2) is 40.7 Å². The van der Waals surface area contributed by atoms with Crippen LogP contribution in [-0.2, 0) is 11.2 Å². The lowest BCUT2D eigenvalue weighted by Crippen LogP contribution is -2.43. The van der Waals surface area contributed by atoms with Crippen LogP contribution in [0.15, 0.2) is 60.9 Å². The summed E-state index contributed by atoms with van der Waals surface area (Å²) in [7, 11) is 1.65. The van der Waals surface area contributed by atoms with Gasteiger partial charge >= 0.3 is 5.97 Å².